The van der Waals surface area contributed by atoms with E-state index in [-0.39, 0.29) is 0 Å². The summed E-state index contributed by atoms with van der Waals surface area (Å²) in [6, 6.07) is 5.86. The van der Waals surface area contributed by atoms with Crippen molar-refractivity contribution in [2.75, 3.05) is 0 Å². The Bertz CT molecular complexity index is 481. The van der Waals surface area contributed by atoms with E-state index >= 15 is 0 Å². The van der Waals surface area contributed by atoms with Crippen molar-refractivity contribution in [3.8, 4) is 11.5 Å². The van der Waals surface area contributed by atoms with Crippen molar-refractivity contribution in [3.63, 3.8) is 0 Å². The van der Waals surface area contributed by atoms with Crippen LogP contribution in [0.5, 0.6) is 0 Å². The highest BCUT2D eigenvalue weighted by Crippen LogP contribution is 2.23. The van der Waals surface area contributed by atoms with Crippen LogP contribution >= 0.6 is 15.9 Å². The molecule has 0 saturated carbocycles. The second-order valence-electron chi connectivity index (χ2n) is 3.18. The molecule has 0 bridgehead atoms. The highest BCUT2D eigenvalue weighted by Gasteiger charge is 2.08. The Labute approximate surface area is 95.6 Å². The standard InChI is InChI=1S/C10H10BrN3O/c1-6-4-7(2-3-8(6)11)10-13-9(5-12)14-15-10/h2-4H,5,12H2,1H3. The zero-order valence-corrected chi connectivity index (χ0v) is 9.78. The number of hydrogen-bond acceptors (Lipinski definition) is 4. The third-order valence-electron chi connectivity index (χ3n) is 2.06. The lowest BCUT2D eigenvalue weighted by Gasteiger charge is -1.99. The predicted molar refractivity (Wildman–Crippen MR) is 60.1 cm³/mol. The summed E-state index contributed by atoms with van der Waals surface area (Å²) >= 11 is 3.43. The summed E-state index contributed by atoms with van der Waals surface area (Å²) in [6.45, 7) is 2.30. The summed E-state index contributed by atoms with van der Waals surface area (Å²) in [5, 5.41) is 3.74. The lowest BCUT2D eigenvalue weighted by atomic mass is 10.1. The van der Waals surface area contributed by atoms with Gasteiger partial charge in [-0.1, -0.05) is 21.1 Å². The molecular formula is C10H10BrN3O. The van der Waals surface area contributed by atoms with Crippen LogP contribution in [-0.2, 0) is 6.54 Å². The number of aryl methyl sites for hydroxylation is 1. The molecule has 0 atom stereocenters. The molecule has 0 radical (unpaired) electrons. The number of halogens is 1. The van der Waals surface area contributed by atoms with E-state index in [1.165, 1.54) is 0 Å². The molecular weight excluding hydrogens is 258 g/mol. The minimum atomic E-state index is 0.291. The Balaban J connectivity index is 2.40. The van der Waals surface area contributed by atoms with Crippen molar-refractivity contribution in [1.29, 1.82) is 0 Å². The Kier molecular flexibility index (Phi) is 2.83. The molecule has 0 aliphatic rings. The molecule has 0 aliphatic heterocycles. The second kappa shape index (κ2) is 4.12. The van der Waals surface area contributed by atoms with Crippen LogP contribution in [0.1, 0.15) is 11.4 Å². The van der Waals surface area contributed by atoms with Gasteiger partial charge in [-0.15, -0.1) is 0 Å². The highest BCUT2D eigenvalue weighted by atomic mass is 79.9. The summed E-state index contributed by atoms with van der Waals surface area (Å²) < 4.78 is 6.14. The third-order valence-corrected chi connectivity index (χ3v) is 2.95. The molecule has 0 unspecified atom stereocenters. The molecule has 0 aliphatic carbocycles. The molecule has 5 heteroatoms. The second-order valence-corrected chi connectivity index (χ2v) is 4.04. The van der Waals surface area contributed by atoms with E-state index in [1.54, 1.807) is 0 Å². The SMILES string of the molecule is Cc1cc(-c2nc(CN)no2)ccc1Br. The van der Waals surface area contributed by atoms with E-state index in [9.17, 15) is 0 Å². The first-order chi connectivity index (χ1) is 7.20. The van der Waals surface area contributed by atoms with E-state index in [0.717, 1.165) is 15.6 Å². The first-order valence-corrected chi connectivity index (χ1v) is 5.29. The Hall–Kier alpha value is -1.20. The largest absolute Gasteiger partial charge is 0.334 e. The van der Waals surface area contributed by atoms with Crippen LogP contribution in [0.3, 0.4) is 0 Å². The third kappa shape index (κ3) is 2.08. The van der Waals surface area contributed by atoms with Crippen LogP contribution in [-0.4, -0.2) is 10.1 Å². The van der Waals surface area contributed by atoms with Crippen LogP contribution in [0.2, 0.25) is 0 Å². The van der Waals surface area contributed by atoms with Gasteiger partial charge in [0.05, 0.1) is 6.54 Å². The number of rotatable bonds is 2. The molecule has 2 aromatic rings. The average Bonchev–Trinajstić information content (AvgIpc) is 2.70. The van der Waals surface area contributed by atoms with Gasteiger partial charge in [0.25, 0.3) is 5.89 Å². The average molecular weight is 268 g/mol. The van der Waals surface area contributed by atoms with Gasteiger partial charge < -0.3 is 10.3 Å². The minimum absolute atomic E-state index is 0.291. The molecule has 1 aromatic carbocycles. The topological polar surface area (TPSA) is 64.9 Å². The summed E-state index contributed by atoms with van der Waals surface area (Å²) in [6.07, 6.45) is 0. The molecule has 2 rings (SSSR count). The number of aromatic nitrogens is 2. The minimum Gasteiger partial charge on any atom is -0.334 e. The zero-order valence-electron chi connectivity index (χ0n) is 8.20. The number of hydrogen-bond donors (Lipinski definition) is 1. The lowest BCUT2D eigenvalue weighted by molar-refractivity contribution is 0.423. The fourth-order valence-corrected chi connectivity index (χ4v) is 1.48. The van der Waals surface area contributed by atoms with Crippen molar-refractivity contribution < 1.29 is 4.52 Å². The van der Waals surface area contributed by atoms with Crippen molar-refractivity contribution >= 4 is 15.9 Å². The molecule has 4 nitrogen and oxygen atoms in total. The molecule has 0 spiro atoms. The van der Waals surface area contributed by atoms with Crippen LogP contribution in [0.15, 0.2) is 27.2 Å². The van der Waals surface area contributed by atoms with Gasteiger partial charge in [-0.3, -0.25) is 0 Å². The highest BCUT2D eigenvalue weighted by molar-refractivity contribution is 9.10. The van der Waals surface area contributed by atoms with Crippen molar-refractivity contribution in [3.05, 3.63) is 34.1 Å². The molecule has 0 amide bonds. The summed E-state index contributed by atoms with van der Waals surface area (Å²) in [7, 11) is 0. The molecule has 1 heterocycles. The molecule has 0 saturated heterocycles. The fraction of sp³-hybridized carbons (Fsp3) is 0.200. The zero-order chi connectivity index (χ0) is 10.8. The Morgan fingerprint density at radius 3 is 2.87 bits per heavy atom. The van der Waals surface area contributed by atoms with Crippen molar-refractivity contribution in [2.45, 2.75) is 13.5 Å². The van der Waals surface area contributed by atoms with Gasteiger partial charge in [-0.25, -0.2) is 0 Å². The Morgan fingerprint density at radius 2 is 2.27 bits per heavy atom. The normalized spacial score (nSPS) is 10.6. The van der Waals surface area contributed by atoms with E-state index in [1.807, 2.05) is 25.1 Å². The molecule has 15 heavy (non-hydrogen) atoms. The van der Waals surface area contributed by atoms with Crippen LogP contribution in [0, 0.1) is 6.92 Å². The van der Waals surface area contributed by atoms with Crippen LogP contribution in [0.4, 0.5) is 0 Å². The predicted octanol–water partition coefficient (Wildman–Crippen LogP) is 2.27. The maximum absolute atomic E-state index is 5.40. The summed E-state index contributed by atoms with van der Waals surface area (Å²) in [5.74, 6) is 1.02. The number of nitrogens with two attached hydrogens (primary N) is 1. The summed E-state index contributed by atoms with van der Waals surface area (Å²) in [5.41, 5.74) is 7.43. The van der Waals surface area contributed by atoms with Gasteiger partial charge in [0, 0.05) is 10.0 Å². The van der Waals surface area contributed by atoms with Crippen molar-refractivity contribution in [1.82, 2.24) is 10.1 Å². The molecule has 2 N–H and O–H groups in total. The maximum Gasteiger partial charge on any atom is 0.257 e. The fourth-order valence-electron chi connectivity index (χ4n) is 1.23. The quantitative estimate of drug-likeness (QED) is 0.907. The number of benzene rings is 1. The monoisotopic (exact) mass is 267 g/mol. The lowest BCUT2D eigenvalue weighted by Crippen LogP contribution is -1.97. The smallest absolute Gasteiger partial charge is 0.257 e. The van der Waals surface area contributed by atoms with E-state index in [4.69, 9.17) is 10.3 Å². The Morgan fingerprint density at radius 1 is 1.47 bits per heavy atom. The number of nitrogens with zero attached hydrogens (tertiary/aromatic N) is 2. The van der Waals surface area contributed by atoms with Gasteiger partial charge in [0.2, 0.25) is 0 Å². The molecule has 78 valence electrons. The maximum atomic E-state index is 5.40. The molecule has 0 fully saturated rings. The first-order valence-electron chi connectivity index (χ1n) is 4.50. The molecule has 1 aromatic heterocycles. The van der Waals surface area contributed by atoms with Gasteiger partial charge in [-0.2, -0.15) is 4.98 Å². The van der Waals surface area contributed by atoms with E-state index in [2.05, 4.69) is 26.1 Å². The van der Waals surface area contributed by atoms with Crippen molar-refractivity contribution in [2.24, 2.45) is 5.73 Å². The summed E-state index contributed by atoms with van der Waals surface area (Å²) in [4.78, 5) is 4.15. The first kappa shape index (κ1) is 10.3. The van der Waals surface area contributed by atoms with E-state index in [0.29, 0.717) is 18.3 Å². The van der Waals surface area contributed by atoms with E-state index < -0.39 is 0 Å². The van der Waals surface area contributed by atoms with Crippen LogP contribution < -0.4 is 5.73 Å². The van der Waals surface area contributed by atoms with Gasteiger partial charge in [0.1, 0.15) is 0 Å². The van der Waals surface area contributed by atoms with Gasteiger partial charge in [-0.05, 0) is 30.7 Å². The van der Waals surface area contributed by atoms with Gasteiger partial charge >= 0.3 is 0 Å². The van der Waals surface area contributed by atoms with Gasteiger partial charge in [0.15, 0.2) is 5.82 Å². The van der Waals surface area contributed by atoms with Crippen LogP contribution in [0.25, 0.3) is 11.5 Å².